The molecule has 1 N–H and O–H groups in total. The summed E-state index contributed by atoms with van der Waals surface area (Å²) in [6.45, 7) is 1.91. The van der Waals surface area contributed by atoms with Crippen LogP contribution in [0.1, 0.15) is 34.7 Å². The van der Waals surface area contributed by atoms with Gasteiger partial charge in [-0.2, -0.15) is 0 Å². The number of nitrogens with one attached hydrogen (secondary N) is 1. The number of thioether (sulfide) groups is 1. The van der Waals surface area contributed by atoms with E-state index < -0.39 is 0 Å². The summed E-state index contributed by atoms with van der Waals surface area (Å²) in [5.41, 5.74) is 2.36. The predicted molar refractivity (Wildman–Crippen MR) is 115 cm³/mol. The normalized spacial score (nSPS) is 11.8. The molecule has 1 unspecified atom stereocenters. The van der Waals surface area contributed by atoms with Crippen LogP contribution in [0.3, 0.4) is 0 Å². The largest absolute Gasteiger partial charge is 0.344 e. The van der Waals surface area contributed by atoms with E-state index in [0.717, 1.165) is 5.56 Å². The average Bonchev–Trinajstić information content (AvgIpc) is 3.23. The standard InChI is InChI=1S/C22H19FN6OS/c1-15(16-6-3-2-4-7-16)26-21(30)20-19(14-31-22-24-12-5-13-25-22)29(28-27-20)18-10-8-17(23)9-11-18/h2-13,15H,14H2,1H3,(H,26,30). The van der Waals surface area contributed by atoms with Crippen LogP contribution < -0.4 is 5.32 Å². The summed E-state index contributed by atoms with van der Waals surface area (Å²) in [7, 11) is 0. The molecule has 4 rings (SSSR count). The minimum absolute atomic E-state index is 0.204. The molecule has 0 saturated heterocycles. The first-order valence-corrected chi connectivity index (χ1v) is 10.6. The lowest BCUT2D eigenvalue weighted by molar-refractivity contribution is 0.0934. The molecule has 9 heteroatoms. The smallest absolute Gasteiger partial charge is 0.274 e. The van der Waals surface area contributed by atoms with Crippen LogP contribution in [-0.2, 0) is 5.75 Å². The molecule has 7 nitrogen and oxygen atoms in total. The molecule has 1 amide bonds. The molecule has 0 bridgehead atoms. The van der Waals surface area contributed by atoms with E-state index in [1.54, 1.807) is 30.6 Å². The van der Waals surface area contributed by atoms with Crippen LogP contribution in [-0.4, -0.2) is 30.9 Å². The highest BCUT2D eigenvalue weighted by molar-refractivity contribution is 7.98. The summed E-state index contributed by atoms with van der Waals surface area (Å²) in [6, 6.07) is 17.0. The maximum atomic E-state index is 13.4. The number of rotatable bonds is 7. The van der Waals surface area contributed by atoms with Crippen LogP contribution >= 0.6 is 11.8 Å². The Morgan fingerprint density at radius 3 is 2.48 bits per heavy atom. The fourth-order valence-electron chi connectivity index (χ4n) is 2.98. The molecule has 0 saturated carbocycles. The van der Waals surface area contributed by atoms with Crippen molar-refractivity contribution in [1.29, 1.82) is 0 Å². The van der Waals surface area contributed by atoms with Gasteiger partial charge in [0, 0.05) is 18.1 Å². The van der Waals surface area contributed by atoms with E-state index in [2.05, 4.69) is 25.6 Å². The molecule has 0 spiro atoms. The summed E-state index contributed by atoms with van der Waals surface area (Å²) in [6.07, 6.45) is 3.31. The molecule has 2 aromatic carbocycles. The van der Waals surface area contributed by atoms with Crippen molar-refractivity contribution in [3.05, 3.63) is 95.8 Å². The highest BCUT2D eigenvalue weighted by Crippen LogP contribution is 2.23. The quantitative estimate of drug-likeness (QED) is 0.350. The predicted octanol–water partition coefficient (Wildman–Crippen LogP) is 3.98. The molecule has 0 fully saturated rings. The minimum Gasteiger partial charge on any atom is -0.344 e. The first-order valence-electron chi connectivity index (χ1n) is 9.58. The van der Waals surface area contributed by atoms with Gasteiger partial charge in [-0.05, 0) is 42.8 Å². The Kier molecular flexibility index (Phi) is 6.32. The van der Waals surface area contributed by atoms with Crippen molar-refractivity contribution in [2.45, 2.75) is 23.9 Å². The lowest BCUT2D eigenvalue weighted by Gasteiger charge is -2.14. The monoisotopic (exact) mass is 434 g/mol. The van der Waals surface area contributed by atoms with Crippen LogP contribution in [0.5, 0.6) is 0 Å². The van der Waals surface area contributed by atoms with Crippen LogP contribution in [0.25, 0.3) is 5.69 Å². The van der Waals surface area contributed by atoms with E-state index in [0.29, 0.717) is 22.3 Å². The molecule has 0 aliphatic heterocycles. The third kappa shape index (κ3) is 4.95. The zero-order valence-electron chi connectivity index (χ0n) is 16.6. The third-order valence-corrected chi connectivity index (χ3v) is 5.46. The number of carbonyl (C=O) groups excluding carboxylic acids is 1. The molecule has 2 heterocycles. The van der Waals surface area contributed by atoms with Crippen molar-refractivity contribution in [1.82, 2.24) is 30.3 Å². The zero-order chi connectivity index (χ0) is 21.6. The molecule has 4 aromatic rings. The number of carbonyl (C=O) groups is 1. The van der Waals surface area contributed by atoms with Crippen LogP contribution in [0.4, 0.5) is 4.39 Å². The Bertz CT molecular complexity index is 1150. The number of nitrogens with zero attached hydrogens (tertiary/aromatic N) is 5. The molecule has 1 atom stereocenters. The topological polar surface area (TPSA) is 85.6 Å². The number of aromatic nitrogens is 5. The van der Waals surface area contributed by atoms with Gasteiger partial charge in [0.1, 0.15) is 5.82 Å². The van der Waals surface area contributed by atoms with Gasteiger partial charge >= 0.3 is 0 Å². The van der Waals surface area contributed by atoms with Gasteiger partial charge in [0.25, 0.3) is 5.91 Å². The molecule has 156 valence electrons. The fraction of sp³-hybridized carbons (Fsp3) is 0.136. The second-order valence-corrected chi connectivity index (χ2v) is 7.64. The zero-order valence-corrected chi connectivity index (χ0v) is 17.5. The summed E-state index contributed by atoms with van der Waals surface area (Å²) < 4.78 is 14.9. The number of halogens is 1. The van der Waals surface area contributed by atoms with Gasteiger partial charge in [0.15, 0.2) is 10.9 Å². The third-order valence-electron chi connectivity index (χ3n) is 4.58. The van der Waals surface area contributed by atoms with E-state index in [-0.39, 0.29) is 23.5 Å². The van der Waals surface area contributed by atoms with E-state index in [1.807, 2.05) is 37.3 Å². The van der Waals surface area contributed by atoms with Gasteiger partial charge in [-0.3, -0.25) is 4.79 Å². The van der Waals surface area contributed by atoms with Crippen molar-refractivity contribution in [3.63, 3.8) is 0 Å². The summed E-state index contributed by atoms with van der Waals surface area (Å²) >= 11 is 1.36. The molecule has 2 aromatic heterocycles. The van der Waals surface area contributed by atoms with Crippen molar-refractivity contribution in [2.75, 3.05) is 0 Å². The second kappa shape index (κ2) is 9.48. The van der Waals surface area contributed by atoms with Crippen molar-refractivity contribution < 1.29 is 9.18 Å². The Hall–Kier alpha value is -3.59. The van der Waals surface area contributed by atoms with E-state index in [4.69, 9.17) is 0 Å². The maximum Gasteiger partial charge on any atom is 0.274 e. The maximum absolute atomic E-state index is 13.4. The summed E-state index contributed by atoms with van der Waals surface area (Å²) in [5.74, 6) is -0.335. The number of benzene rings is 2. The van der Waals surface area contributed by atoms with Gasteiger partial charge in [0.2, 0.25) is 0 Å². The van der Waals surface area contributed by atoms with Gasteiger partial charge in [-0.15, -0.1) is 5.10 Å². The lowest BCUT2D eigenvalue weighted by atomic mass is 10.1. The van der Waals surface area contributed by atoms with Crippen molar-refractivity contribution in [3.8, 4) is 5.69 Å². The summed E-state index contributed by atoms with van der Waals surface area (Å²) in [4.78, 5) is 21.4. The molecule has 0 aliphatic carbocycles. The Balaban J connectivity index is 1.62. The average molecular weight is 435 g/mol. The highest BCUT2D eigenvalue weighted by atomic mass is 32.2. The SMILES string of the molecule is CC(NC(=O)c1nnn(-c2ccc(F)cc2)c1CSc1ncccn1)c1ccccc1. The molecular weight excluding hydrogens is 415 g/mol. The van der Waals surface area contributed by atoms with Crippen molar-refractivity contribution >= 4 is 17.7 Å². The molecule has 0 radical (unpaired) electrons. The van der Waals surface area contributed by atoms with E-state index in [9.17, 15) is 9.18 Å². The lowest BCUT2D eigenvalue weighted by Crippen LogP contribution is -2.28. The van der Waals surface area contributed by atoms with Crippen LogP contribution in [0.2, 0.25) is 0 Å². The van der Waals surface area contributed by atoms with Gasteiger partial charge < -0.3 is 5.32 Å². The number of hydrogen-bond acceptors (Lipinski definition) is 6. The van der Waals surface area contributed by atoms with Gasteiger partial charge in [-0.1, -0.05) is 47.3 Å². The number of hydrogen-bond donors (Lipinski definition) is 1. The summed E-state index contributed by atoms with van der Waals surface area (Å²) in [5, 5.41) is 11.8. The van der Waals surface area contributed by atoms with E-state index in [1.165, 1.54) is 28.6 Å². The van der Waals surface area contributed by atoms with Crippen molar-refractivity contribution in [2.24, 2.45) is 0 Å². The molecular formula is C22H19FN6OS. The van der Waals surface area contributed by atoms with Crippen LogP contribution in [0.15, 0.2) is 78.2 Å². The molecule has 0 aliphatic rings. The minimum atomic E-state index is -0.355. The molecule has 31 heavy (non-hydrogen) atoms. The van der Waals surface area contributed by atoms with Gasteiger partial charge in [0.05, 0.1) is 17.4 Å². The van der Waals surface area contributed by atoms with E-state index >= 15 is 0 Å². The highest BCUT2D eigenvalue weighted by Gasteiger charge is 2.23. The van der Waals surface area contributed by atoms with Gasteiger partial charge in [-0.25, -0.2) is 19.0 Å². The Labute approximate surface area is 182 Å². The number of amides is 1. The first-order chi connectivity index (χ1) is 15.1. The Morgan fingerprint density at radius 2 is 1.77 bits per heavy atom. The first kappa shape index (κ1) is 20.7. The Morgan fingerprint density at radius 1 is 1.06 bits per heavy atom. The second-order valence-electron chi connectivity index (χ2n) is 6.70. The fourth-order valence-corrected chi connectivity index (χ4v) is 3.78. The van der Waals surface area contributed by atoms with Crippen LogP contribution in [0, 0.1) is 5.82 Å².